The second kappa shape index (κ2) is 7.38. The van der Waals surface area contributed by atoms with Crippen LogP contribution in [0.3, 0.4) is 0 Å². The van der Waals surface area contributed by atoms with Crippen LogP contribution >= 0.6 is 0 Å². The lowest BCUT2D eigenvalue weighted by atomic mass is 9.94. The van der Waals surface area contributed by atoms with Crippen molar-refractivity contribution in [1.29, 1.82) is 0 Å². The van der Waals surface area contributed by atoms with E-state index in [0.717, 1.165) is 25.7 Å². The molecule has 2 aliphatic rings. The largest absolute Gasteiger partial charge is 0.352 e. The maximum Gasteiger partial charge on any atom is 0.262 e. The Morgan fingerprint density at radius 2 is 1.64 bits per heavy atom. The summed E-state index contributed by atoms with van der Waals surface area (Å²) in [7, 11) is 0. The number of hydrogen-bond donors (Lipinski definition) is 1. The van der Waals surface area contributed by atoms with Gasteiger partial charge in [0.05, 0.1) is 11.1 Å². The molecule has 5 heteroatoms. The molecule has 25 heavy (non-hydrogen) atoms. The summed E-state index contributed by atoms with van der Waals surface area (Å²) in [4.78, 5) is 39.6. The highest BCUT2D eigenvalue weighted by atomic mass is 16.2. The minimum Gasteiger partial charge on any atom is -0.352 e. The lowest BCUT2D eigenvalue weighted by Gasteiger charge is -2.30. The smallest absolute Gasteiger partial charge is 0.262 e. The average molecular weight is 342 g/mol. The maximum atomic E-state index is 12.9. The lowest BCUT2D eigenvalue weighted by molar-refractivity contribution is -0.126. The molecule has 0 unspecified atom stereocenters. The zero-order valence-corrected chi connectivity index (χ0v) is 15.0. The Kier molecular flexibility index (Phi) is 5.21. The zero-order chi connectivity index (χ0) is 18.0. The molecule has 5 nitrogen and oxygen atoms in total. The molecule has 1 aromatic carbocycles. The molecule has 1 aromatic rings. The van der Waals surface area contributed by atoms with Gasteiger partial charge in [0.25, 0.3) is 11.8 Å². The third-order valence-corrected chi connectivity index (χ3v) is 5.09. The maximum absolute atomic E-state index is 12.9. The molecule has 1 N–H and O–H groups in total. The minimum atomic E-state index is -0.741. The van der Waals surface area contributed by atoms with Crippen LogP contribution in [0.25, 0.3) is 0 Å². The van der Waals surface area contributed by atoms with Crippen LogP contribution in [0.2, 0.25) is 0 Å². The van der Waals surface area contributed by atoms with Gasteiger partial charge in [-0.3, -0.25) is 19.3 Å². The van der Waals surface area contributed by atoms with Gasteiger partial charge >= 0.3 is 0 Å². The summed E-state index contributed by atoms with van der Waals surface area (Å²) >= 11 is 0. The van der Waals surface area contributed by atoms with Crippen LogP contribution in [-0.2, 0) is 4.79 Å². The third-order valence-electron chi connectivity index (χ3n) is 5.09. The molecule has 3 rings (SSSR count). The van der Waals surface area contributed by atoms with Gasteiger partial charge in [-0.05, 0) is 37.3 Å². The number of amides is 3. The zero-order valence-electron chi connectivity index (χ0n) is 15.0. The van der Waals surface area contributed by atoms with Gasteiger partial charge in [-0.1, -0.05) is 45.2 Å². The first-order valence-electron chi connectivity index (χ1n) is 9.26. The topological polar surface area (TPSA) is 66.5 Å². The van der Waals surface area contributed by atoms with E-state index in [4.69, 9.17) is 0 Å². The van der Waals surface area contributed by atoms with Crippen LogP contribution in [0.15, 0.2) is 24.3 Å². The molecule has 1 aliphatic carbocycles. The first kappa shape index (κ1) is 17.6. The van der Waals surface area contributed by atoms with Crippen molar-refractivity contribution in [2.75, 3.05) is 0 Å². The molecule has 1 atom stereocenters. The molecule has 1 heterocycles. The van der Waals surface area contributed by atoms with Gasteiger partial charge in [-0.15, -0.1) is 0 Å². The number of nitrogens with one attached hydrogen (secondary N) is 1. The van der Waals surface area contributed by atoms with Gasteiger partial charge in [0, 0.05) is 6.04 Å². The normalized spacial score (nSPS) is 19.2. The van der Waals surface area contributed by atoms with Gasteiger partial charge in [0.1, 0.15) is 6.04 Å². The molecule has 1 saturated carbocycles. The van der Waals surface area contributed by atoms with Crippen molar-refractivity contribution in [3.63, 3.8) is 0 Å². The van der Waals surface area contributed by atoms with Crippen molar-refractivity contribution in [3.05, 3.63) is 35.4 Å². The first-order chi connectivity index (χ1) is 12.0. The van der Waals surface area contributed by atoms with Crippen molar-refractivity contribution < 1.29 is 14.4 Å². The predicted octanol–water partition coefficient (Wildman–Crippen LogP) is 3.15. The molecule has 0 spiro atoms. The summed E-state index contributed by atoms with van der Waals surface area (Å²) in [6, 6.07) is 6.21. The molecule has 0 bridgehead atoms. The van der Waals surface area contributed by atoms with Crippen molar-refractivity contribution in [2.24, 2.45) is 5.92 Å². The second-order valence-electron chi connectivity index (χ2n) is 7.51. The van der Waals surface area contributed by atoms with Crippen LogP contribution in [0.1, 0.15) is 73.1 Å². The number of carbonyl (C=O) groups excluding carboxylic acids is 3. The molecular formula is C20H26N2O3. The standard InChI is InChI=1S/C20H26N2O3/c1-13(2)12-17(18(23)21-14-8-4-3-5-9-14)22-19(24)15-10-6-7-11-16(15)20(22)25/h6-7,10-11,13-14,17H,3-5,8-9,12H2,1-2H3,(H,21,23)/t17-/m0/s1. The highest BCUT2D eigenvalue weighted by Gasteiger charge is 2.43. The van der Waals surface area contributed by atoms with Gasteiger partial charge in [-0.25, -0.2) is 0 Å². The van der Waals surface area contributed by atoms with E-state index in [1.165, 1.54) is 11.3 Å². The molecule has 0 aromatic heterocycles. The Morgan fingerprint density at radius 1 is 1.08 bits per heavy atom. The SMILES string of the molecule is CC(C)C[C@@H](C(=O)NC1CCCCC1)N1C(=O)c2ccccc2C1=O. The van der Waals surface area contributed by atoms with Crippen LogP contribution in [0.5, 0.6) is 0 Å². The number of rotatable bonds is 5. The summed E-state index contributed by atoms with van der Waals surface area (Å²) in [5.74, 6) is -0.711. The molecule has 1 aliphatic heterocycles. The lowest BCUT2D eigenvalue weighted by Crippen LogP contribution is -2.52. The van der Waals surface area contributed by atoms with Gasteiger partial charge in [0.2, 0.25) is 5.91 Å². The second-order valence-corrected chi connectivity index (χ2v) is 7.51. The Balaban J connectivity index is 1.82. The highest BCUT2D eigenvalue weighted by molar-refractivity contribution is 6.22. The van der Waals surface area contributed by atoms with Gasteiger partial charge in [0.15, 0.2) is 0 Å². The Hall–Kier alpha value is -2.17. The molecule has 0 saturated heterocycles. The Bertz CT molecular complexity index is 642. The third kappa shape index (κ3) is 3.60. The number of benzene rings is 1. The van der Waals surface area contributed by atoms with Crippen molar-refractivity contribution >= 4 is 17.7 Å². The quantitative estimate of drug-likeness (QED) is 0.836. The number of hydrogen-bond acceptors (Lipinski definition) is 3. The molecule has 1 fully saturated rings. The summed E-state index contributed by atoms with van der Waals surface area (Å²) in [5, 5.41) is 3.08. The average Bonchev–Trinajstić information content (AvgIpc) is 2.85. The fourth-order valence-corrected chi connectivity index (χ4v) is 3.81. The van der Waals surface area contributed by atoms with E-state index in [9.17, 15) is 14.4 Å². The predicted molar refractivity (Wildman–Crippen MR) is 95.2 cm³/mol. The molecular weight excluding hydrogens is 316 g/mol. The van der Waals surface area contributed by atoms with Crippen molar-refractivity contribution in [3.8, 4) is 0 Å². The number of imide groups is 1. The summed E-state index contributed by atoms with van der Waals surface area (Å²) in [5.41, 5.74) is 0.790. The van der Waals surface area contributed by atoms with Crippen molar-refractivity contribution in [1.82, 2.24) is 10.2 Å². The monoisotopic (exact) mass is 342 g/mol. The van der Waals surface area contributed by atoms with Crippen molar-refractivity contribution in [2.45, 2.75) is 64.5 Å². The summed E-state index contributed by atoms with van der Waals surface area (Å²) in [6.45, 7) is 4.00. The van der Waals surface area contributed by atoms with Crippen LogP contribution in [0.4, 0.5) is 0 Å². The van der Waals surface area contributed by atoms with E-state index in [-0.39, 0.29) is 29.7 Å². The number of fused-ring (bicyclic) bond motifs is 1. The van der Waals surface area contributed by atoms with E-state index in [2.05, 4.69) is 5.32 Å². The summed E-state index contributed by atoms with van der Waals surface area (Å²) in [6.07, 6.45) is 5.87. The fourth-order valence-electron chi connectivity index (χ4n) is 3.81. The van der Waals surface area contributed by atoms with Crippen LogP contribution < -0.4 is 5.32 Å². The number of carbonyl (C=O) groups is 3. The number of nitrogens with zero attached hydrogens (tertiary/aromatic N) is 1. The van der Waals surface area contributed by atoms with E-state index >= 15 is 0 Å². The Morgan fingerprint density at radius 3 is 2.16 bits per heavy atom. The minimum absolute atomic E-state index is 0.158. The van der Waals surface area contributed by atoms with Gasteiger partial charge < -0.3 is 5.32 Å². The van der Waals surface area contributed by atoms with Crippen LogP contribution in [0, 0.1) is 5.92 Å². The van der Waals surface area contributed by atoms with Crippen LogP contribution in [-0.4, -0.2) is 34.7 Å². The Labute approximate surface area is 148 Å². The molecule has 3 amide bonds. The van der Waals surface area contributed by atoms with E-state index in [0.29, 0.717) is 17.5 Å². The van der Waals surface area contributed by atoms with E-state index < -0.39 is 6.04 Å². The molecule has 134 valence electrons. The first-order valence-corrected chi connectivity index (χ1v) is 9.26. The highest BCUT2D eigenvalue weighted by Crippen LogP contribution is 2.27. The van der Waals surface area contributed by atoms with Gasteiger partial charge in [-0.2, -0.15) is 0 Å². The van der Waals surface area contributed by atoms with E-state index in [1.807, 2.05) is 13.8 Å². The molecule has 0 radical (unpaired) electrons. The van der Waals surface area contributed by atoms with E-state index in [1.54, 1.807) is 24.3 Å². The fraction of sp³-hybridized carbons (Fsp3) is 0.550. The summed E-state index contributed by atoms with van der Waals surface area (Å²) < 4.78 is 0.